The average molecular weight is 281 g/mol. The second kappa shape index (κ2) is 5.33. The van der Waals surface area contributed by atoms with Gasteiger partial charge in [-0.15, -0.1) is 11.3 Å². The molecule has 0 radical (unpaired) electrons. The van der Waals surface area contributed by atoms with E-state index in [0.717, 1.165) is 12.8 Å². The molecule has 0 fully saturated rings. The highest BCUT2D eigenvalue weighted by molar-refractivity contribution is 7.14. The first-order valence-corrected chi connectivity index (χ1v) is 7.26. The Bertz CT molecular complexity index is 478. The predicted octanol–water partition coefficient (Wildman–Crippen LogP) is 2.31. The van der Waals surface area contributed by atoms with E-state index in [1.54, 1.807) is 0 Å². The molecule has 1 heterocycles. The van der Waals surface area contributed by atoms with E-state index in [2.05, 4.69) is 5.32 Å². The fourth-order valence-electron chi connectivity index (χ4n) is 2.09. The van der Waals surface area contributed by atoms with E-state index in [0.29, 0.717) is 4.88 Å². The van der Waals surface area contributed by atoms with Crippen molar-refractivity contribution in [3.63, 3.8) is 0 Å². The van der Waals surface area contributed by atoms with Crippen LogP contribution in [0, 0.1) is 0 Å². The lowest BCUT2D eigenvalue weighted by atomic mass is 10.1. The van der Waals surface area contributed by atoms with Crippen molar-refractivity contribution in [2.45, 2.75) is 45.6 Å². The number of thiophene rings is 1. The lowest BCUT2D eigenvalue weighted by molar-refractivity contribution is -0.125. The Hall–Kier alpha value is -1.36. The Morgan fingerprint density at radius 3 is 2.74 bits per heavy atom. The highest BCUT2D eigenvalue weighted by Gasteiger charge is 2.20. The van der Waals surface area contributed by atoms with Crippen LogP contribution in [0.3, 0.4) is 0 Å². The summed E-state index contributed by atoms with van der Waals surface area (Å²) in [5.41, 5.74) is 0.948. The highest BCUT2D eigenvalue weighted by atomic mass is 32.1. The van der Waals surface area contributed by atoms with E-state index < -0.39 is 5.97 Å². The second-order valence-corrected chi connectivity index (χ2v) is 6.92. The first-order valence-electron chi connectivity index (χ1n) is 6.45. The zero-order valence-electron chi connectivity index (χ0n) is 11.5. The third-order valence-corrected chi connectivity index (χ3v) is 4.01. The van der Waals surface area contributed by atoms with Crippen LogP contribution in [0.1, 0.15) is 47.3 Å². The molecule has 1 N–H and O–H groups in total. The molecule has 2 rings (SSSR count). The number of esters is 1. The zero-order chi connectivity index (χ0) is 14.0. The van der Waals surface area contributed by atoms with Crippen LogP contribution in [-0.2, 0) is 22.4 Å². The van der Waals surface area contributed by atoms with Crippen molar-refractivity contribution in [2.75, 3.05) is 6.61 Å². The molecule has 0 aliphatic heterocycles. The van der Waals surface area contributed by atoms with Gasteiger partial charge < -0.3 is 10.1 Å². The molecule has 0 atom stereocenters. The summed E-state index contributed by atoms with van der Waals surface area (Å²) in [7, 11) is 0. The molecular weight excluding hydrogens is 262 g/mol. The lowest BCUT2D eigenvalue weighted by Gasteiger charge is -2.20. The van der Waals surface area contributed by atoms with Gasteiger partial charge in [0.05, 0.1) is 0 Å². The number of aryl methyl sites for hydroxylation is 2. The van der Waals surface area contributed by atoms with Crippen molar-refractivity contribution in [1.29, 1.82) is 0 Å². The molecule has 1 aliphatic carbocycles. The maximum Gasteiger partial charge on any atom is 0.348 e. The van der Waals surface area contributed by atoms with E-state index in [-0.39, 0.29) is 18.1 Å². The SMILES string of the molecule is CC(C)(C)NC(=O)COC(=O)c1cc2c(s1)CCC2. The van der Waals surface area contributed by atoms with Gasteiger partial charge in [-0.25, -0.2) is 4.79 Å². The highest BCUT2D eigenvalue weighted by Crippen LogP contribution is 2.30. The van der Waals surface area contributed by atoms with Gasteiger partial charge >= 0.3 is 5.97 Å². The topological polar surface area (TPSA) is 55.4 Å². The number of hydrogen-bond acceptors (Lipinski definition) is 4. The Balaban J connectivity index is 1.86. The molecule has 19 heavy (non-hydrogen) atoms. The van der Waals surface area contributed by atoms with Crippen molar-refractivity contribution in [2.24, 2.45) is 0 Å². The summed E-state index contributed by atoms with van der Waals surface area (Å²) in [4.78, 5) is 25.3. The molecule has 0 saturated heterocycles. The van der Waals surface area contributed by atoms with Crippen molar-refractivity contribution >= 4 is 23.2 Å². The van der Waals surface area contributed by atoms with E-state index in [4.69, 9.17) is 4.74 Å². The summed E-state index contributed by atoms with van der Waals surface area (Å²) in [6, 6.07) is 1.90. The molecule has 1 aromatic rings. The molecule has 1 amide bonds. The number of carbonyl (C=O) groups excluding carboxylic acids is 2. The van der Waals surface area contributed by atoms with Crippen molar-refractivity contribution in [1.82, 2.24) is 5.32 Å². The first kappa shape index (κ1) is 14.1. The van der Waals surface area contributed by atoms with Gasteiger partial charge in [0.15, 0.2) is 6.61 Å². The summed E-state index contributed by atoms with van der Waals surface area (Å²) < 4.78 is 5.03. The van der Waals surface area contributed by atoms with Gasteiger partial charge in [0.2, 0.25) is 0 Å². The van der Waals surface area contributed by atoms with Crippen LogP contribution in [0.2, 0.25) is 0 Å². The maximum atomic E-state index is 11.8. The fraction of sp³-hybridized carbons (Fsp3) is 0.571. The second-order valence-electron chi connectivity index (χ2n) is 5.79. The number of ether oxygens (including phenoxy) is 1. The summed E-state index contributed by atoms with van der Waals surface area (Å²) in [5.74, 6) is -0.673. The van der Waals surface area contributed by atoms with Gasteiger partial charge in [-0.1, -0.05) is 0 Å². The maximum absolute atomic E-state index is 11.8. The molecule has 0 aromatic carbocycles. The Kier molecular flexibility index (Phi) is 3.94. The van der Waals surface area contributed by atoms with E-state index >= 15 is 0 Å². The summed E-state index contributed by atoms with van der Waals surface area (Å²) in [5, 5.41) is 2.75. The molecule has 5 heteroatoms. The number of rotatable bonds is 3. The fourth-order valence-corrected chi connectivity index (χ4v) is 3.23. The van der Waals surface area contributed by atoms with Gasteiger partial charge in [-0.2, -0.15) is 0 Å². The third-order valence-electron chi connectivity index (χ3n) is 2.80. The zero-order valence-corrected chi connectivity index (χ0v) is 12.4. The number of amides is 1. The number of carbonyl (C=O) groups is 2. The van der Waals surface area contributed by atoms with E-state index in [1.165, 1.54) is 28.2 Å². The quantitative estimate of drug-likeness (QED) is 0.865. The van der Waals surface area contributed by atoms with E-state index in [9.17, 15) is 9.59 Å². The molecule has 1 aliphatic rings. The normalized spacial score (nSPS) is 14.1. The Morgan fingerprint density at radius 2 is 2.11 bits per heavy atom. The van der Waals surface area contributed by atoms with Crippen molar-refractivity contribution in [3.8, 4) is 0 Å². The molecule has 4 nitrogen and oxygen atoms in total. The van der Waals surface area contributed by atoms with Crippen molar-refractivity contribution < 1.29 is 14.3 Å². The largest absolute Gasteiger partial charge is 0.451 e. The minimum atomic E-state index is -0.400. The smallest absolute Gasteiger partial charge is 0.348 e. The molecule has 0 bridgehead atoms. The van der Waals surface area contributed by atoms with Crippen LogP contribution in [0.25, 0.3) is 0 Å². The molecule has 0 spiro atoms. The minimum Gasteiger partial charge on any atom is -0.451 e. The van der Waals surface area contributed by atoms with Crippen LogP contribution < -0.4 is 5.32 Å². The average Bonchev–Trinajstić information content (AvgIpc) is 2.83. The van der Waals surface area contributed by atoms with Crippen LogP contribution in [0.4, 0.5) is 0 Å². The van der Waals surface area contributed by atoms with Gasteiger partial charge in [-0.05, 0) is 51.7 Å². The third kappa shape index (κ3) is 3.80. The predicted molar refractivity (Wildman–Crippen MR) is 74.5 cm³/mol. The Labute approximate surface area is 117 Å². The van der Waals surface area contributed by atoms with Gasteiger partial charge in [0.1, 0.15) is 4.88 Å². The van der Waals surface area contributed by atoms with Crippen LogP contribution in [0.15, 0.2) is 6.07 Å². The van der Waals surface area contributed by atoms with Gasteiger partial charge in [-0.3, -0.25) is 4.79 Å². The summed E-state index contributed by atoms with van der Waals surface area (Å²) in [6.45, 7) is 5.43. The summed E-state index contributed by atoms with van der Waals surface area (Å²) >= 11 is 1.49. The van der Waals surface area contributed by atoms with Gasteiger partial charge in [0.25, 0.3) is 5.91 Å². The van der Waals surface area contributed by atoms with Crippen LogP contribution in [-0.4, -0.2) is 24.0 Å². The summed E-state index contributed by atoms with van der Waals surface area (Å²) in [6.07, 6.45) is 3.27. The van der Waals surface area contributed by atoms with E-state index in [1.807, 2.05) is 26.8 Å². The molecule has 104 valence electrons. The molecular formula is C14H19NO3S. The lowest BCUT2D eigenvalue weighted by Crippen LogP contribution is -2.42. The number of hydrogen-bond donors (Lipinski definition) is 1. The van der Waals surface area contributed by atoms with Crippen molar-refractivity contribution in [3.05, 3.63) is 21.4 Å². The Morgan fingerprint density at radius 1 is 1.37 bits per heavy atom. The standard InChI is InChI=1S/C14H19NO3S/c1-14(2,3)15-12(16)8-18-13(17)11-7-9-5-4-6-10(9)19-11/h7H,4-6,8H2,1-3H3,(H,15,16). The first-order chi connectivity index (χ1) is 8.85. The van der Waals surface area contributed by atoms with Crippen LogP contribution >= 0.6 is 11.3 Å². The monoisotopic (exact) mass is 281 g/mol. The molecule has 0 saturated carbocycles. The number of fused-ring (bicyclic) bond motifs is 1. The van der Waals surface area contributed by atoms with Gasteiger partial charge in [0, 0.05) is 10.4 Å². The molecule has 1 aromatic heterocycles. The van der Waals surface area contributed by atoms with Crippen LogP contribution in [0.5, 0.6) is 0 Å². The number of nitrogens with one attached hydrogen (secondary N) is 1. The molecule has 0 unspecified atom stereocenters. The minimum absolute atomic E-state index is 0.224.